The average molecular weight is 377 g/mol. The Morgan fingerprint density at radius 1 is 1.19 bits per heavy atom. The molecule has 0 aliphatic rings. The molecule has 2 aromatic rings. The monoisotopic (exact) mass is 376 g/mol. The molecule has 0 saturated carbocycles. The van der Waals surface area contributed by atoms with Crippen molar-refractivity contribution in [2.45, 2.75) is 26.4 Å². The molecule has 0 spiro atoms. The topological polar surface area (TPSA) is 50.8 Å². The van der Waals surface area contributed by atoms with Crippen LogP contribution in [0.5, 0.6) is 11.5 Å². The average Bonchev–Trinajstić information content (AvgIpc) is 2.62. The lowest BCUT2D eigenvalue weighted by atomic mass is 10.1. The van der Waals surface area contributed by atoms with Gasteiger partial charge in [-0.1, -0.05) is 17.7 Å². The maximum absolute atomic E-state index is 12.5. The Morgan fingerprint density at radius 3 is 2.46 bits per heavy atom. The van der Waals surface area contributed by atoms with E-state index in [2.05, 4.69) is 5.32 Å². The van der Waals surface area contributed by atoms with Crippen molar-refractivity contribution in [3.8, 4) is 11.5 Å². The summed E-state index contributed by atoms with van der Waals surface area (Å²) < 4.78 is 10.7. The van der Waals surface area contributed by atoms with Crippen LogP contribution in [0.25, 0.3) is 0 Å². The van der Waals surface area contributed by atoms with Crippen LogP contribution in [0.3, 0.4) is 0 Å². The number of amides is 1. The van der Waals surface area contributed by atoms with E-state index < -0.39 is 0 Å². The number of nitrogens with zero attached hydrogens (tertiary/aromatic N) is 1. The van der Waals surface area contributed by atoms with E-state index >= 15 is 0 Å². The second-order valence-electron chi connectivity index (χ2n) is 6.22. The van der Waals surface area contributed by atoms with Gasteiger partial charge in [0, 0.05) is 17.3 Å². The number of rotatable bonds is 7. The van der Waals surface area contributed by atoms with Gasteiger partial charge in [-0.3, -0.25) is 9.69 Å². The fourth-order valence-corrected chi connectivity index (χ4v) is 2.80. The minimum Gasteiger partial charge on any atom is -0.493 e. The number of likely N-dealkylation sites (N-methyl/N-ethyl adjacent to an activating group) is 1. The molecular weight excluding hydrogens is 352 g/mol. The van der Waals surface area contributed by atoms with Crippen molar-refractivity contribution in [2.75, 3.05) is 26.6 Å². The van der Waals surface area contributed by atoms with E-state index in [1.54, 1.807) is 32.4 Å². The van der Waals surface area contributed by atoms with Crippen molar-refractivity contribution in [1.82, 2.24) is 4.90 Å². The van der Waals surface area contributed by atoms with Crippen LogP contribution in [-0.2, 0) is 11.3 Å². The number of anilines is 1. The van der Waals surface area contributed by atoms with Crippen LogP contribution < -0.4 is 14.8 Å². The van der Waals surface area contributed by atoms with E-state index in [-0.39, 0.29) is 11.9 Å². The number of hydrogen-bond donors (Lipinski definition) is 1. The maximum Gasteiger partial charge on any atom is 0.241 e. The first-order valence-corrected chi connectivity index (χ1v) is 8.71. The third-order valence-corrected chi connectivity index (χ3v) is 4.63. The van der Waals surface area contributed by atoms with Crippen LogP contribution in [0.2, 0.25) is 5.02 Å². The number of ether oxygens (including phenoxy) is 2. The minimum absolute atomic E-state index is 0.0899. The van der Waals surface area contributed by atoms with Crippen LogP contribution in [0, 0.1) is 6.92 Å². The Bertz CT molecular complexity index is 780. The lowest BCUT2D eigenvalue weighted by molar-refractivity contribution is -0.120. The van der Waals surface area contributed by atoms with Crippen molar-refractivity contribution >= 4 is 23.2 Å². The molecule has 0 saturated heterocycles. The highest BCUT2D eigenvalue weighted by molar-refractivity contribution is 6.30. The molecule has 0 aliphatic carbocycles. The summed E-state index contributed by atoms with van der Waals surface area (Å²) in [6.45, 7) is 4.49. The third kappa shape index (κ3) is 4.90. The number of hydrogen-bond acceptors (Lipinski definition) is 4. The Kier molecular flexibility index (Phi) is 6.89. The van der Waals surface area contributed by atoms with Gasteiger partial charge in [-0.15, -0.1) is 0 Å². The molecule has 140 valence electrons. The number of benzene rings is 2. The van der Waals surface area contributed by atoms with Gasteiger partial charge in [-0.05, 0) is 62.4 Å². The van der Waals surface area contributed by atoms with Gasteiger partial charge >= 0.3 is 0 Å². The number of halogens is 1. The van der Waals surface area contributed by atoms with Crippen LogP contribution >= 0.6 is 11.6 Å². The van der Waals surface area contributed by atoms with Crippen molar-refractivity contribution < 1.29 is 14.3 Å². The van der Waals surface area contributed by atoms with E-state index in [1.165, 1.54) is 0 Å². The molecule has 0 radical (unpaired) electrons. The summed E-state index contributed by atoms with van der Waals surface area (Å²) in [6.07, 6.45) is 0. The molecule has 0 heterocycles. The van der Waals surface area contributed by atoms with Gasteiger partial charge in [-0.2, -0.15) is 0 Å². The quantitative estimate of drug-likeness (QED) is 0.789. The summed E-state index contributed by atoms with van der Waals surface area (Å²) >= 11 is 5.96. The van der Waals surface area contributed by atoms with Gasteiger partial charge in [0.1, 0.15) is 0 Å². The largest absolute Gasteiger partial charge is 0.493 e. The van der Waals surface area contributed by atoms with E-state index in [0.29, 0.717) is 28.8 Å². The summed E-state index contributed by atoms with van der Waals surface area (Å²) in [4.78, 5) is 14.5. The van der Waals surface area contributed by atoms with E-state index in [0.717, 1.165) is 11.1 Å². The first-order chi connectivity index (χ1) is 12.3. The van der Waals surface area contributed by atoms with Gasteiger partial charge in [-0.25, -0.2) is 0 Å². The number of methoxy groups -OCH3 is 2. The fourth-order valence-electron chi connectivity index (χ4n) is 2.61. The first-order valence-electron chi connectivity index (χ1n) is 8.34. The van der Waals surface area contributed by atoms with Crippen LogP contribution in [0.1, 0.15) is 18.1 Å². The van der Waals surface area contributed by atoms with E-state index in [4.69, 9.17) is 21.1 Å². The SMILES string of the molecule is COc1cc(C)c(CN(C)[C@@H](C)C(=O)Nc2cccc(Cl)c2)cc1OC. The zero-order chi connectivity index (χ0) is 19.3. The smallest absolute Gasteiger partial charge is 0.241 e. The summed E-state index contributed by atoms with van der Waals surface area (Å²) in [6, 6.07) is 10.7. The predicted molar refractivity (Wildman–Crippen MR) is 105 cm³/mol. The predicted octanol–water partition coefficient (Wildman–Crippen LogP) is 4.12. The fraction of sp³-hybridized carbons (Fsp3) is 0.350. The van der Waals surface area contributed by atoms with E-state index in [1.807, 2.05) is 44.0 Å². The zero-order valence-corrected chi connectivity index (χ0v) is 16.6. The Morgan fingerprint density at radius 2 is 1.85 bits per heavy atom. The van der Waals surface area contributed by atoms with Crippen LogP contribution in [0.4, 0.5) is 5.69 Å². The number of carbonyl (C=O) groups excluding carboxylic acids is 1. The lowest BCUT2D eigenvalue weighted by Crippen LogP contribution is -2.39. The molecule has 0 aliphatic heterocycles. The Balaban J connectivity index is 2.08. The second kappa shape index (κ2) is 8.92. The number of nitrogens with one attached hydrogen (secondary N) is 1. The van der Waals surface area contributed by atoms with Gasteiger partial charge in [0.15, 0.2) is 11.5 Å². The zero-order valence-electron chi connectivity index (χ0n) is 15.8. The highest BCUT2D eigenvalue weighted by Gasteiger charge is 2.20. The molecule has 0 aromatic heterocycles. The third-order valence-electron chi connectivity index (χ3n) is 4.39. The van der Waals surface area contributed by atoms with Gasteiger partial charge in [0.25, 0.3) is 0 Å². The Hall–Kier alpha value is -2.24. The summed E-state index contributed by atoms with van der Waals surface area (Å²) in [5, 5.41) is 3.48. The molecule has 2 rings (SSSR count). The van der Waals surface area contributed by atoms with E-state index in [9.17, 15) is 4.79 Å². The molecule has 0 fully saturated rings. The first kappa shape index (κ1) is 20.1. The highest BCUT2D eigenvalue weighted by atomic mass is 35.5. The van der Waals surface area contributed by atoms with Crippen molar-refractivity contribution in [3.63, 3.8) is 0 Å². The lowest BCUT2D eigenvalue weighted by Gasteiger charge is -2.25. The standard InChI is InChI=1S/C20H25ClN2O3/c1-13-9-18(25-4)19(26-5)10-15(13)12-23(3)14(2)20(24)22-17-8-6-7-16(21)11-17/h6-11,14H,12H2,1-5H3,(H,22,24)/t14-/m0/s1. The maximum atomic E-state index is 12.5. The molecule has 0 unspecified atom stereocenters. The summed E-state index contributed by atoms with van der Waals surface area (Å²) in [5.41, 5.74) is 2.84. The molecule has 6 heteroatoms. The highest BCUT2D eigenvalue weighted by Crippen LogP contribution is 2.31. The molecule has 26 heavy (non-hydrogen) atoms. The second-order valence-corrected chi connectivity index (χ2v) is 6.66. The van der Waals surface area contributed by atoms with Crippen molar-refractivity contribution in [2.24, 2.45) is 0 Å². The van der Waals surface area contributed by atoms with Gasteiger partial charge in [0.2, 0.25) is 5.91 Å². The molecule has 2 aromatic carbocycles. The van der Waals surface area contributed by atoms with Crippen LogP contribution in [-0.4, -0.2) is 38.1 Å². The number of aryl methyl sites for hydroxylation is 1. The van der Waals surface area contributed by atoms with Gasteiger partial charge < -0.3 is 14.8 Å². The summed E-state index contributed by atoms with van der Waals surface area (Å²) in [5.74, 6) is 1.29. The van der Waals surface area contributed by atoms with Gasteiger partial charge in [0.05, 0.1) is 20.3 Å². The summed E-state index contributed by atoms with van der Waals surface area (Å²) in [7, 11) is 5.14. The molecule has 0 bridgehead atoms. The van der Waals surface area contributed by atoms with Crippen molar-refractivity contribution in [3.05, 3.63) is 52.5 Å². The normalized spacial score (nSPS) is 12.0. The molecule has 1 atom stereocenters. The molecular formula is C20H25ClN2O3. The van der Waals surface area contributed by atoms with Crippen molar-refractivity contribution in [1.29, 1.82) is 0 Å². The number of carbonyl (C=O) groups is 1. The molecule has 1 N–H and O–H groups in total. The van der Waals surface area contributed by atoms with Crippen LogP contribution in [0.15, 0.2) is 36.4 Å². The molecule has 5 nitrogen and oxygen atoms in total. The Labute approximate surface area is 159 Å². The minimum atomic E-state index is -0.318. The molecule has 1 amide bonds.